The molecule has 1 saturated carbocycles. The fourth-order valence-corrected chi connectivity index (χ4v) is 1.63. The third kappa shape index (κ3) is 1.68. The van der Waals surface area contributed by atoms with Crippen LogP contribution >= 0.6 is 0 Å². The van der Waals surface area contributed by atoms with Crippen molar-refractivity contribution in [1.29, 1.82) is 0 Å². The van der Waals surface area contributed by atoms with Crippen LogP contribution in [0, 0.1) is 0 Å². The molecule has 0 atom stereocenters. The van der Waals surface area contributed by atoms with Crippen molar-refractivity contribution in [2.75, 3.05) is 0 Å². The third-order valence-corrected chi connectivity index (χ3v) is 2.95. The van der Waals surface area contributed by atoms with Crippen molar-refractivity contribution in [3.63, 3.8) is 0 Å². The zero-order valence-corrected chi connectivity index (χ0v) is 8.75. The molecule has 1 aliphatic carbocycles. The molecule has 1 aromatic rings. The molecule has 0 unspecified atom stereocenters. The Morgan fingerprint density at radius 3 is 2.07 bits per heavy atom. The van der Waals surface area contributed by atoms with Crippen molar-refractivity contribution in [2.45, 2.75) is 37.8 Å². The first kappa shape index (κ1) is 9.69. The molecule has 2 heteroatoms. The SMILES string of the molecule is CC(C)(O)c1ccc(C2(N)CC2)cc1. The largest absolute Gasteiger partial charge is 0.386 e. The second kappa shape index (κ2) is 2.81. The summed E-state index contributed by atoms with van der Waals surface area (Å²) in [5.74, 6) is 0. The molecule has 3 N–H and O–H groups in total. The van der Waals surface area contributed by atoms with E-state index in [1.165, 1.54) is 5.56 Å². The Balaban J connectivity index is 2.27. The summed E-state index contributed by atoms with van der Waals surface area (Å²) in [4.78, 5) is 0. The van der Waals surface area contributed by atoms with Gasteiger partial charge in [0.15, 0.2) is 0 Å². The maximum Gasteiger partial charge on any atom is 0.0840 e. The molecule has 2 nitrogen and oxygen atoms in total. The van der Waals surface area contributed by atoms with Gasteiger partial charge in [-0.1, -0.05) is 24.3 Å². The predicted molar refractivity (Wildman–Crippen MR) is 56.8 cm³/mol. The van der Waals surface area contributed by atoms with Gasteiger partial charge in [-0.2, -0.15) is 0 Å². The number of aliphatic hydroxyl groups is 1. The van der Waals surface area contributed by atoms with Gasteiger partial charge < -0.3 is 10.8 Å². The summed E-state index contributed by atoms with van der Waals surface area (Å²) in [5.41, 5.74) is 7.35. The van der Waals surface area contributed by atoms with Crippen molar-refractivity contribution in [3.8, 4) is 0 Å². The minimum absolute atomic E-state index is 0.0713. The molecule has 0 amide bonds. The van der Waals surface area contributed by atoms with Gasteiger partial charge in [0, 0.05) is 5.54 Å². The molecule has 76 valence electrons. The lowest BCUT2D eigenvalue weighted by atomic mass is 9.95. The first-order chi connectivity index (χ1) is 6.42. The van der Waals surface area contributed by atoms with E-state index < -0.39 is 5.60 Å². The highest BCUT2D eigenvalue weighted by atomic mass is 16.3. The van der Waals surface area contributed by atoms with Crippen LogP contribution in [0.3, 0.4) is 0 Å². The van der Waals surface area contributed by atoms with E-state index in [2.05, 4.69) is 0 Å². The van der Waals surface area contributed by atoms with Crippen molar-refractivity contribution in [3.05, 3.63) is 35.4 Å². The molecule has 0 spiro atoms. The van der Waals surface area contributed by atoms with Crippen molar-refractivity contribution in [2.24, 2.45) is 5.73 Å². The second-order valence-corrected chi connectivity index (χ2v) is 4.79. The van der Waals surface area contributed by atoms with Gasteiger partial charge in [0.2, 0.25) is 0 Å². The zero-order valence-electron chi connectivity index (χ0n) is 8.75. The van der Waals surface area contributed by atoms with Crippen molar-refractivity contribution < 1.29 is 5.11 Å². The molecular weight excluding hydrogens is 174 g/mol. The lowest BCUT2D eigenvalue weighted by molar-refractivity contribution is 0.0786. The van der Waals surface area contributed by atoms with Gasteiger partial charge in [-0.25, -0.2) is 0 Å². The average Bonchev–Trinajstić information content (AvgIpc) is 2.84. The summed E-state index contributed by atoms with van der Waals surface area (Å²) in [5, 5.41) is 9.77. The molecule has 14 heavy (non-hydrogen) atoms. The maximum atomic E-state index is 9.77. The minimum Gasteiger partial charge on any atom is -0.386 e. The lowest BCUT2D eigenvalue weighted by Gasteiger charge is -2.19. The van der Waals surface area contributed by atoms with Gasteiger partial charge in [-0.05, 0) is 37.8 Å². The van der Waals surface area contributed by atoms with Gasteiger partial charge in [0.1, 0.15) is 0 Å². The Morgan fingerprint density at radius 2 is 1.71 bits per heavy atom. The summed E-state index contributed by atoms with van der Waals surface area (Å²) >= 11 is 0. The average molecular weight is 191 g/mol. The van der Waals surface area contributed by atoms with E-state index in [1.54, 1.807) is 13.8 Å². The molecule has 0 saturated heterocycles. The highest BCUT2D eigenvalue weighted by molar-refractivity contribution is 5.33. The summed E-state index contributed by atoms with van der Waals surface area (Å²) in [6, 6.07) is 7.98. The van der Waals surface area contributed by atoms with E-state index in [9.17, 15) is 5.11 Å². The maximum absolute atomic E-state index is 9.77. The van der Waals surface area contributed by atoms with E-state index in [4.69, 9.17) is 5.73 Å². The van der Waals surface area contributed by atoms with Crippen LogP contribution in [0.1, 0.15) is 37.8 Å². The Kier molecular flexibility index (Phi) is 1.95. The molecule has 0 aromatic heterocycles. The Labute approximate surface area is 84.7 Å². The summed E-state index contributed by atoms with van der Waals surface area (Å²) in [7, 11) is 0. The molecule has 2 rings (SSSR count). The summed E-state index contributed by atoms with van der Waals surface area (Å²) < 4.78 is 0. The quantitative estimate of drug-likeness (QED) is 0.749. The highest BCUT2D eigenvalue weighted by Gasteiger charge is 2.39. The first-order valence-corrected chi connectivity index (χ1v) is 5.04. The fraction of sp³-hybridized carbons (Fsp3) is 0.500. The molecular formula is C12H17NO. The van der Waals surface area contributed by atoms with Crippen molar-refractivity contribution >= 4 is 0 Å². The Morgan fingerprint density at radius 1 is 1.21 bits per heavy atom. The molecule has 0 aliphatic heterocycles. The summed E-state index contributed by atoms with van der Waals surface area (Å²) in [6.07, 6.45) is 2.16. The number of hydrogen-bond donors (Lipinski definition) is 2. The standard InChI is InChI=1S/C12H17NO/c1-11(2,14)9-3-5-10(6-4-9)12(13)7-8-12/h3-6,14H,7-8,13H2,1-2H3. The van der Waals surface area contributed by atoms with E-state index in [0.29, 0.717) is 0 Å². The topological polar surface area (TPSA) is 46.2 Å². The Bertz CT molecular complexity index is 306. The van der Waals surface area contributed by atoms with Crippen LogP contribution in [-0.2, 0) is 11.1 Å². The van der Waals surface area contributed by atoms with Crippen molar-refractivity contribution in [1.82, 2.24) is 0 Å². The fourth-order valence-electron chi connectivity index (χ4n) is 1.63. The first-order valence-electron chi connectivity index (χ1n) is 5.04. The van der Waals surface area contributed by atoms with Gasteiger partial charge >= 0.3 is 0 Å². The number of nitrogens with two attached hydrogens (primary N) is 1. The number of benzene rings is 1. The number of hydrogen-bond acceptors (Lipinski definition) is 2. The lowest BCUT2D eigenvalue weighted by Crippen LogP contribution is -2.20. The number of rotatable bonds is 2. The third-order valence-electron chi connectivity index (χ3n) is 2.95. The van der Waals surface area contributed by atoms with Gasteiger partial charge in [-0.15, -0.1) is 0 Å². The van der Waals surface area contributed by atoms with Gasteiger partial charge in [0.25, 0.3) is 0 Å². The van der Waals surface area contributed by atoms with E-state index in [-0.39, 0.29) is 5.54 Å². The minimum atomic E-state index is -0.760. The highest BCUT2D eigenvalue weighted by Crippen LogP contribution is 2.42. The van der Waals surface area contributed by atoms with E-state index in [1.807, 2.05) is 24.3 Å². The van der Waals surface area contributed by atoms with E-state index in [0.717, 1.165) is 18.4 Å². The second-order valence-electron chi connectivity index (χ2n) is 4.79. The van der Waals surface area contributed by atoms with Crippen LogP contribution in [0.2, 0.25) is 0 Å². The summed E-state index contributed by atoms with van der Waals surface area (Å²) in [6.45, 7) is 3.58. The molecule has 0 bridgehead atoms. The molecule has 0 heterocycles. The van der Waals surface area contributed by atoms with E-state index >= 15 is 0 Å². The normalized spacial score (nSPS) is 19.4. The molecule has 0 radical (unpaired) electrons. The molecule has 1 aromatic carbocycles. The van der Waals surface area contributed by atoms with Gasteiger partial charge in [0.05, 0.1) is 5.60 Å². The van der Waals surface area contributed by atoms with Crippen LogP contribution in [0.25, 0.3) is 0 Å². The van der Waals surface area contributed by atoms with Crippen LogP contribution in [0.15, 0.2) is 24.3 Å². The Hall–Kier alpha value is -0.860. The van der Waals surface area contributed by atoms with Crippen LogP contribution in [-0.4, -0.2) is 5.11 Å². The van der Waals surface area contributed by atoms with Crippen LogP contribution < -0.4 is 5.73 Å². The molecule has 1 aliphatic rings. The van der Waals surface area contributed by atoms with Crippen LogP contribution in [0.4, 0.5) is 0 Å². The molecule has 1 fully saturated rings. The monoisotopic (exact) mass is 191 g/mol. The van der Waals surface area contributed by atoms with Crippen LogP contribution in [0.5, 0.6) is 0 Å². The predicted octanol–water partition coefficient (Wildman–Crippen LogP) is 1.86. The smallest absolute Gasteiger partial charge is 0.0840 e. The van der Waals surface area contributed by atoms with Gasteiger partial charge in [-0.3, -0.25) is 0 Å². The zero-order chi connectivity index (χ0) is 10.4.